The summed E-state index contributed by atoms with van der Waals surface area (Å²) in [4.78, 5) is 21.4. The van der Waals surface area contributed by atoms with Gasteiger partial charge in [-0.2, -0.15) is 0 Å². The van der Waals surface area contributed by atoms with E-state index in [1.165, 1.54) is 4.70 Å². The summed E-state index contributed by atoms with van der Waals surface area (Å²) in [7, 11) is 2.10. The fourth-order valence-electron chi connectivity index (χ4n) is 3.10. The second-order valence-corrected chi connectivity index (χ2v) is 7.58. The second-order valence-electron chi connectivity index (χ2n) is 6.54. The van der Waals surface area contributed by atoms with Crippen molar-refractivity contribution in [1.82, 2.24) is 14.8 Å². The van der Waals surface area contributed by atoms with E-state index in [-0.39, 0.29) is 5.91 Å². The highest BCUT2D eigenvalue weighted by Gasteiger charge is 2.19. The Labute approximate surface area is 151 Å². The second kappa shape index (κ2) is 6.94. The average molecular weight is 351 g/mol. The summed E-state index contributed by atoms with van der Waals surface area (Å²) in [6, 6.07) is 16.4. The van der Waals surface area contributed by atoms with Crippen molar-refractivity contribution in [2.75, 3.05) is 33.2 Å². The van der Waals surface area contributed by atoms with Crippen LogP contribution in [0.3, 0.4) is 0 Å². The molecule has 3 aromatic rings. The largest absolute Gasteiger partial charge is 0.340 e. The predicted octanol–water partition coefficient (Wildman–Crippen LogP) is 3.28. The van der Waals surface area contributed by atoms with E-state index < -0.39 is 0 Å². The van der Waals surface area contributed by atoms with E-state index in [0.717, 1.165) is 47.8 Å². The van der Waals surface area contributed by atoms with Gasteiger partial charge in [-0.3, -0.25) is 4.79 Å². The smallest absolute Gasteiger partial charge is 0.227 e. The first kappa shape index (κ1) is 16.2. The number of likely N-dealkylation sites (N-methyl/N-ethyl adjacent to an activating group) is 1. The molecule has 0 N–H and O–H groups in total. The Hall–Kier alpha value is -2.24. The minimum atomic E-state index is 0.223. The SMILES string of the molecule is CN1CCN(C(=O)Cc2ccc(-c3nc4ccccc4s3)cc2)CC1. The number of para-hydroxylation sites is 1. The molecular weight excluding hydrogens is 330 g/mol. The van der Waals surface area contributed by atoms with Crippen molar-refractivity contribution in [2.24, 2.45) is 0 Å². The molecule has 0 unspecified atom stereocenters. The van der Waals surface area contributed by atoms with Crippen molar-refractivity contribution in [3.63, 3.8) is 0 Å². The maximum atomic E-state index is 12.4. The van der Waals surface area contributed by atoms with Gasteiger partial charge in [0.25, 0.3) is 0 Å². The Bertz CT molecular complexity index is 846. The van der Waals surface area contributed by atoms with Crippen LogP contribution in [0.1, 0.15) is 5.56 Å². The number of carbonyl (C=O) groups excluding carboxylic acids is 1. The lowest BCUT2D eigenvalue weighted by Gasteiger charge is -2.32. The number of hydrogen-bond acceptors (Lipinski definition) is 4. The fourth-order valence-corrected chi connectivity index (χ4v) is 4.07. The Morgan fingerprint density at radius 2 is 1.76 bits per heavy atom. The van der Waals surface area contributed by atoms with Gasteiger partial charge < -0.3 is 9.80 Å². The minimum Gasteiger partial charge on any atom is -0.340 e. The first-order valence-corrected chi connectivity index (χ1v) is 9.42. The predicted molar refractivity (Wildman–Crippen MR) is 103 cm³/mol. The number of thiazole rings is 1. The van der Waals surface area contributed by atoms with Gasteiger partial charge in [0.15, 0.2) is 0 Å². The van der Waals surface area contributed by atoms with Gasteiger partial charge in [0, 0.05) is 31.7 Å². The van der Waals surface area contributed by atoms with Crippen molar-refractivity contribution in [3.05, 3.63) is 54.1 Å². The van der Waals surface area contributed by atoms with Gasteiger partial charge in [-0.1, -0.05) is 36.4 Å². The Morgan fingerprint density at radius 1 is 1.04 bits per heavy atom. The molecule has 2 aromatic carbocycles. The van der Waals surface area contributed by atoms with Crippen LogP contribution in [0.2, 0.25) is 0 Å². The summed E-state index contributed by atoms with van der Waals surface area (Å²) in [5.74, 6) is 0.223. The van der Waals surface area contributed by atoms with Crippen LogP contribution >= 0.6 is 11.3 Å². The van der Waals surface area contributed by atoms with Crippen LogP contribution in [0.15, 0.2) is 48.5 Å². The molecule has 5 heteroatoms. The Morgan fingerprint density at radius 3 is 2.48 bits per heavy atom. The van der Waals surface area contributed by atoms with Crippen molar-refractivity contribution in [3.8, 4) is 10.6 Å². The number of fused-ring (bicyclic) bond motifs is 1. The van der Waals surface area contributed by atoms with Gasteiger partial charge >= 0.3 is 0 Å². The number of hydrogen-bond donors (Lipinski definition) is 0. The topological polar surface area (TPSA) is 36.4 Å². The number of aromatic nitrogens is 1. The van der Waals surface area contributed by atoms with Crippen LogP contribution in [0.4, 0.5) is 0 Å². The molecule has 0 aliphatic carbocycles. The zero-order chi connectivity index (χ0) is 17.2. The van der Waals surface area contributed by atoms with Crippen LogP contribution in [-0.2, 0) is 11.2 Å². The molecule has 25 heavy (non-hydrogen) atoms. The number of rotatable bonds is 3. The van der Waals surface area contributed by atoms with Gasteiger partial charge in [-0.15, -0.1) is 11.3 Å². The average Bonchev–Trinajstić information content (AvgIpc) is 3.07. The van der Waals surface area contributed by atoms with Crippen molar-refractivity contribution >= 4 is 27.5 Å². The molecular formula is C20H21N3OS. The van der Waals surface area contributed by atoms with Crippen LogP contribution < -0.4 is 0 Å². The highest BCUT2D eigenvalue weighted by molar-refractivity contribution is 7.21. The summed E-state index contributed by atoms with van der Waals surface area (Å²) in [6.07, 6.45) is 0.476. The van der Waals surface area contributed by atoms with E-state index in [1.54, 1.807) is 11.3 Å². The summed E-state index contributed by atoms with van der Waals surface area (Å²) < 4.78 is 1.20. The molecule has 0 radical (unpaired) electrons. The molecule has 128 valence electrons. The first-order chi connectivity index (χ1) is 12.2. The molecule has 0 bridgehead atoms. The van der Waals surface area contributed by atoms with Crippen molar-refractivity contribution < 1.29 is 4.79 Å². The lowest BCUT2D eigenvalue weighted by molar-refractivity contribution is -0.132. The Kier molecular flexibility index (Phi) is 4.51. The quantitative estimate of drug-likeness (QED) is 0.727. The number of nitrogens with zero attached hydrogens (tertiary/aromatic N) is 3. The molecule has 4 nitrogen and oxygen atoms in total. The Balaban J connectivity index is 1.45. The van der Waals surface area contributed by atoms with Crippen LogP contribution in [0, 0.1) is 0 Å². The molecule has 1 aliphatic rings. The lowest BCUT2D eigenvalue weighted by Crippen LogP contribution is -2.47. The number of carbonyl (C=O) groups is 1. The van der Waals surface area contributed by atoms with E-state index in [9.17, 15) is 4.79 Å². The number of amides is 1. The monoisotopic (exact) mass is 351 g/mol. The van der Waals surface area contributed by atoms with Gasteiger partial charge in [-0.25, -0.2) is 4.98 Å². The number of piperazine rings is 1. The molecule has 1 fully saturated rings. The van der Waals surface area contributed by atoms with Gasteiger partial charge in [0.05, 0.1) is 16.6 Å². The normalized spacial score (nSPS) is 15.6. The first-order valence-electron chi connectivity index (χ1n) is 8.60. The summed E-state index contributed by atoms with van der Waals surface area (Å²) in [5, 5.41) is 1.03. The van der Waals surface area contributed by atoms with E-state index >= 15 is 0 Å². The highest BCUT2D eigenvalue weighted by atomic mass is 32.1. The van der Waals surface area contributed by atoms with Crippen LogP contribution in [-0.4, -0.2) is 53.9 Å². The maximum absolute atomic E-state index is 12.4. The molecule has 1 saturated heterocycles. The zero-order valence-electron chi connectivity index (χ0n) is 14.3. The molecule has 0 saturated carbocycles. The van der Waals surface area contributed by atoms with Gasteiger partial charge in [-0.05, 0) is 24.7 Å². The zero-order valence-corrected chi connectivity index (χ0v) is 15.1. The third-order valence-electron chi connectivity index (χ3n) is 4.71. The van der Waals surface area contributed by atoms with E-state index in [4.69, 9.17) is 4.98 Å². The lowest BCUT2D eigenvalue weighted by atomic mass is 10.1. The summed E-state index contributed by atoms with van der Waals surface area (Å²) >= 11 is 1.70. The molecule has 2 heterocycles. The molecule has 1 amide bonds. The standard InChI is InChI=1S/C20H21N3OS/c1-22-10-12-23(13-11-22)19(24)14-15-6-8-16(9-7-15)20-21-17-4-2-3-5-18(17)25-20/h2-9H,10-14H2,1H3. The number of benzene rings is 2. The molecule has 1 aliphatic heterocycles. The summed E-state index contributed by atoms with van der Waals surface area (Å²) in [6.45, 7) is 3.59. The van der Waals surface area contributed by atoms with Crippen molar-refractivity contribution in [2.45, 2.75) is 6.42 Å². The molecule has 1 aromatic heterocycles. The highest BCUT2D eigenvalue weighted by Crippen LogP contribution is 2.30. The fraction of sp³-hybridized carbons (Fsp3) is 0.300. The maximum Gasteiger partial charge on any atom is 0.227 e. The third-order valence-corrected chi connectivity index (χ3v) is 5.79. The summed E-state index contributed by atoms with van der Waals surface area (Å²) in [5.41, 5.74) is 3.21. The van der Waals surface area contributed by atoms with E-state index in [2.05, 4.69) is 42.3 Å². The van der Waals surface area contributed by atoms with E-state index in [0.29, 0.717) is 6.42 Å². The molecule has 0 atom stereocenters. The van der Waals surface area contributed by atoms with Crippen LogP contribution in [0.25, 0.3) is 20.8 Å². The third kappa shape index (κ3) is 3.57. The van der Waals surface area contributed by atoms with Crippen molar-refractivity contribution in [1.29, 1.82) is 0 Å². The van der Waals surface area contributed by atoms with E-state index in [1.807, 2.05) is 23.1 Å². The molecule has 0 spiro atoms. The van der Waals surface area contributed by atoms with Crippen LogP contribution in [0.5, 0.6) is 0 Å². The van der Waals surface area contributed by atoms with Gasteiger partial charge in [0.1, 0.15) is 5.01 Å². The molecule has 4 rings (SSSR count). The van der Waals surface area contributed by atoms with Gasteiger partial charge in [0.2, 0.25) is 5.91 Å². The minimum absolute atomic E-state index is 0.223.